The molecule has 1 heterocycles. The van der Waals surface area contributed by atoms with Gasteiger partial charge in [-0.05, 0) is 43.2 Å². The van der Waals surface area contributed by atoms with Crippen molar-refractivity contribution in [2.75, 3.05) is 11.1 Å². The van der Waals surface area contributed by atoms with Crippen molar-refractivity contribution in [2.24, 2.45) is 0 Å². The van der Waals surface area contributed by atoms with Crippen molar-refractivity contribution in [3.05, 3.63) is 75.6 Å². The number of hydrogen-bond acceptors (Lipinski definition) is 3. The minimum atomic E-state index is -0.0499. The summed E-state index contributed by atoms with van der Waals surface area (Å²) in [4.78, 5) is 27.6. The average molecular weight is 352 g/mol. The van der Waals surface area contributed by atoms with Crippen LogP contribution in [0.1, 0.15) is 16.8 Å². The second kappa shape index (κ2) is 7.57. The van der Waals surface area contributed by atoms with Gasteiger partial charge in [-0.15, -0.1) is 11.8 Å². The molecule has 0 radical (unpaired) electrons. The first kappa shape index (κ1) is 17.3. The number of aryl methyl sites for hydroxylation is 2. The van der Waals surface area contributed by atoms with Crippen molar-refractivity contribution < 1.29 is 4.79 Å². The number of amides is 1. The van der Waals surface area contributed by atoms with Crippen LogP contribution < -0.4 is 10.7 Å². The number of pyridine rings is 1. The van der Waals surface area contributed by atoms with Gasteiger partial charge in [0.1, 0.15) is 0 Å². The normalized spacial score (nSPS) is 10.8. The van der Waals surface area contributed by atoms with Crippen molar-refractivity contribution in [1.29, 1.82) is 0 Å². The highest BCUT2D eigenvalue weighted by Crippen LogP contribution is 2.18. The molecular formula is C20H20N2O2S. The van der Waals surface area contributed by atoms with Gasteiger partial charge in [0.15, 0.2) is 5.43 Å². The summed E-state index contributed by atoms with van der Waals surface area (Å²) in [6, 6.07) is 15.0. The first-order valence-corrected chi connectivity index (χ1v) is 9.24. The molecule has 2 aromatic carbocycles. The van der Waals surface area contributed by atoms with Gasteiger partial charge >= 0.3 is 0 Å². The van der Waals surface area contributed by atoms with E-state index in [4.69, 9.17) is 0 Å². The van der Waals surface area contributed by atoms with Gasteiger partial charge in [0, 0.05) is 28.6 Å². The number of aromatic amines is 1. The third-order valence-electron chi connectivity index (χ3n) is 3.88. The topological polar surface area (TPSA) is 62.0 Å². The van der Waals surface area contributed by atoms with Crippen LogP contribution in [0.2, 0.25) is 0 Å². The van der Waals surface area contributed by atoms with E-state index in [9.17, 15) is 9.59 Å². The lowest BCUT2D eigenvalue weighted by molar-refractivity contribution is -0.113. The van der Waals surface area contributed by atoms with E-state index in [2.05, 4.69) is 16.4 Å². The highest BCUT2D eigenvalue weighted by atomic mass is 32.2. The number of carbonyl (C=O) groups excluding carboxylic acids is 1. The molecule has 25 heavy (non-hydrogen) atoms. The number of thioether (sulfide) groups is 1. The number of rotatable bonds is 5. The number of carbonyl (C=O) groups is 1. The first-order chi connectivity index (χ1) is 12.0. The van der Waals surface area contributed by atoms with Gasteiger partial charge < -0.3 is 10.3 Å². The molecule has 0 fully saturated rings. The fraction of sp³-hybridized carbons (Fsp3) is 0.200. The monoisotopic (exact) mass is 352 g/mol. The van der Waals surface area contributed by atoms with E-state index in [1.54, 1.807) is 6.07 Å². The zero-order chi connectivity index (χ0) is 17.8. The molecular weight excluding hydrogens is 332 g/mol. The quantitative estimate of drug-likeness (QED) is 0.729. The van der Waals surface area contributed by atoms with Gasteiger partial charge in [0.25, 0.3) is 0 Å². The average Bonchev–Trinajstić information content (AvgIpc) is 2.57. The van der Waals surface area contributed by atoms with Crippen LogP contribution in [0.5, 0.6) is 0 Å². The Labute approximate surface area is 150 Å². The second-order valence-corrected chi connectivity index (χ2v) is 7.06. The molecule has 0 saturated heterocycles. The summed E-state index contributed by atoms with van der Waals surface area (Å²) in [6.45, 7) is 3.98. The van der Waals surface area contributed by atoms with Crippen molar-refractivity contribution in [1.82, 2.24) is 4.98 Å². The van der Waals surface area contributed by atoms with Gasteiger partial charge in [-0.3, -0.25) is 9.59 Å². The largest absolute Gasteiger partial charge is 0.357 e. The number of H-pyrrole nitrogens is 1. The molecule has 3 aromatic rings. The van der Waals surface area contributed by atoms with E-state index in [-0.39, 0.29) is 11.3 Å². The number of aromatic nitrogens is 1. The van der Waals surface area contributed by atoms with E-state index < -0.39 is 0 Å². The maximum Gasteiger partial charge on any atom is 0.234 e. The predicted molar refractivity (Wildman–Crippen MR) is 105 cm³/mol. The van der Waals surface area contributed by atoms with Crippen molar-refractivity contribution >= 4 is 34.3 Å². The Balaban J connectivity index is 1.65. The highest BCUT2D eigenvalue weighted by Gasteiger charge is 2.07. The summed E-state index contributed by atoms with van der Waals surface area (Å²) >= 11 is 1.48. The Kier molecular flexibility index (Phi) is 5.24. The smallest absolute Gasteiger partial charge is 0.234 e. The number of fused-ring (bicyclic) bond motifs is 1. The van der Waals surface area contributed by atoms with E-state index in [0.29, 0.717) is 16.9 Å². The Morgan fingerprint density at radius 3 is 2.64 bits per heavy atom. The molecule has 128 valence electrons. The van der Waals surface area contributed by atoms with Gasteiger partial charge in [-0.25, -0.2) is 0 Å². The third-order valence-corrected chi connectivity index (χ3v) is 4.87. The molecule has 4 nitrogen and oxygen atoms in total. The summed E-state index contributed by atoms with van der Waals surface area (Å²) in [5, 5.41) is 3.57. The van der Waals surface area contributed by atoms with Crippen molar-refractivity contribution in [2.45, 2.75) is 19.6 Å². The molecule has 0 saturated carbocycles. The molecule has 5 heteroatoms. The highest BCUT2D eigenvalue weighted by molar-refractivity contribution is 7.99. The van der Waals surface area contributed by atoms with Gasteiger partial charge in [0.2, 0.25) is 5.91 Å². The number of para-hydroxylation sites is 1. The number of anilines is 1. The zero-order valence-electron chi connectivity index (χ0n) is 14.3. The van der Waals surface area contributed by atoms with Crippen LogP contribution in [0.3, 0.4) is 0 Å². The molecule has 0 aliphatic carbocycles. The maximum absolute atomic E-state index is 12.3. The molecule has 0 atom stereocenters. The number of benzene rings is 2. The van der Waals surface area contributed by atoms with E-state index in [0.717, 1.165) is 28.0 Å². The molecule has 0 bridgehead atoms. The van der Waals surface area contributed by atoms with Crippen LogP contribution in [0.15, 0.2) is 53.3 Å². The number of hydrogen-bond donors (Lipinski definition) is 2. The van der Waals surface area contributed by atoms with Crippen molar-refractivity contribution in [3.63, 3.8) is 0 Å². The molecule has 0 unspecified atom stereocenters. The zero-order valence-corrected chi connectivity index (χ0v) is 15.1. The fourth-order valence-electron chi connectivity index (χ4n) is 2.81. The summed E-state index contributed by atoms with van der Waals surface area (Å²) in [5.41, 5.74) is 4.66. The molecule has 0 aliphatic heterocycles. The number of nitrogens with one attached hydrogen (secondary N) is 2. The summed E-state index contributed by atoms with van der Waals surface area (Å²) in [7, 11) is 0. The van der Waals surface area contributed by atoms with Gasteiger partial charge in [0.05, 0.1) is 11.3 Å². The standard InChI is InChI=1S/C20H20N2O2S/c1-13-8-14(2)20-17(9-13)18(23)10-16(22-20)11-25-12-19(24)21-15-6-4-3-5-7-15/h3-10H,11-12H2,1-2H3,(H,21,24)(H,22,23). The van der Waals surface area contributed by atoms with Crippen LogP contribution in [0.4, 0.5) is 5.69 Å². The molecule has 0 spiro atoms. The Morgan fingerprint density at radius 2 is 1.88 bits per heavy atom. The van der Waals surface area contributed by atoms with Crippen molar-refractivity contribution in [3.8, 4) is 0 Å². The SMILES string of the molecule is Cc1cc(C)c2[nH]c(CSCC(=O)Nc3ccccc3)cc(=O)c2c1. The molecule has 2 N–H and O–H groups in total. The molecule has 3 rings (SSSR count). The summed E-state index contributed by atoms with van der Waals surface area (Å²) in [5.74, 6) is 0.869. The van der Waals surface area contributed by atoms with Gasteiger partial charge in [-0.1, -0.05) is 24.3 Å². The van der Waals surface area contributed by atoms with Crippen LogP contribution in [-0.4, -0.2) is 16.6 Å². The van der Waals surface area contributed by atoms with Crippen LogP contribution in [0.25, 0.3) is 10.9 Å². The summed E-state index contributed by atoms with van der Waals surface area (Å²) < 4.78 is 0. The minimum Gasteiger partial charge on any atom is -0.357 e. The third kappa shape index (κ3) is 4.31. The van der Waals surface area contributed by atoms with Crippen LogP contribution >= 0.6 is 11.8 Å². The maximum atomic E-state index is 12.3. The fourth-order valence-corrected chi connectivity index (χ4v) is 3.55. The lowest BCUT2D eigenvalue weighted by atomic mass is 10.1. The molecule has 0 aliphatic rings. The second-order valence-electron chi connectivity index (χ2n) is 6.07. The predicted octanol–water partition coefficient (Wildman–Crippen LogP) is 4.02. The molecule has 1 aromatic heterocycles. The van der Waals surface area contributed by atoms with Gasteiger partial charge in [-0.2, -0.15) is 0 Å². The van der Waals surface area contributed by atoms with E-state index >= 15 is 0 Å². The Hall–Kier alpha value is -2.53. The first-order valence-electron chi connectivity index (χ1n) is 8.09. The molecule has 1 amide bonds. The summed E-state index contributed by atoms with van der Waals surface area (Å²) in [6.07, 6.45) is 0. The Morgan fingerprint density at radius 1 is 1.12 bits per heavy atom. The van der Waals surface area contributed by atoms with E-state index in [1.807, 2.05) is 50.2 Å². The lowest BCUT2D eigenvalue weighted by Crippen LogP contribution is -2.14. The lowest BCUT2D eigenvalue weighted by Gasteiger charge is -2.08. The van der Waals surface area contributed by atoms with E-state index in [1.165, 1.54) is 11.8 Å². The minimum absolute atomic E-state index is 0.0184. The van der Waals surface area contributed by atoms with Crippen LogP contribution in [0, 0.1) is 13.8 Å². The Bertz CT molecular complexity index is 965. The van der Waals surface area contributed by atoms with Crippen LogP contribution in [-0.2, 0) is 10.5 Å².